The number of hydrogen-bond donors (Lipinski definition) is 0. The lowest BCUT2D eigenvalue weighted by Crippen LogP contribution is -2.57. The minimum Gasteiger partial charge on any atom is -0.463 e. The van der Waals surface area contributed by atoms with Crippen LogP contribution in [0.25, 0.3) is 5.57 Å². The van der Waals surface area contributed by atoms with Crippen molar-refractivity contribution in [3.8, 4) is 0 Å². The number of benzene rings is 3. The normalized spacial score (nSPS) is 25.2. The summed E-state index contributed by atoms with van der Waals surface area (Å²) in [5.41, 5.74) is 2.63. The Morgan fingerprint density at radius 3 is 2.11 bits per heavy atom. The zero-order valence-corrected chi connectivity index (χ0v) is 29.9. The molecule has 6 nitrogen and oxygen atoms in total. The number of carbonyl (C=O) groups excluding carboxylic acids is 3. The van der Waals surface area contributed by atoms with Crippen molar-refractivity contribution in [1.82, 2.24) is 4.90 Å². The fourth-order valence-electron chi connectivity index (χ4n) is 7.00. The maximum atomic E-state index is 14.6. The number of ether oxygens (including phenoxy) is 2. The first-order valence-corrected chi connectivity index (χ1v) is 17.6. The van der Waals surface area contributed by atoms with Gasteiger partial charge in [-0.3, -0.25) is 9.59 Å². The van der Waals surface area contributed by atoms with Crippen molar-refractivity contribution in [2.45, 2.75) is 62.5 Å². The zero-order valence-electron chi connectivity index (χ0n) is 27.5. The lowest BCUT2D eigenvalue weighted by Gasteiger charge is -2.45. The van der Waals surface area contributed by atoms with E-state index in [1.807, 2.05) is 81.4 Å². The van der Waals surface area contributed by atoms with E-state index >= 15 is 0 Å². The van der Waals surface area contributed by atoms with Crippen LogP contribution >= 0.6 is 27.7 Å². The van der Waals surface area contributed by atoms with Crippen LogP contribution < -0.4 is 0 Å². The Kier molecular flexibility index (Phi) is 10.0. The molecule has 0 saturated carbocycles. The van der Waals surface area contributed by atoms with Gasteiger partial charge in [0.15, 0.2) is 10.7 Å². The first kappa shape index (κ1) is 34.5. The average Bonchev–Trinajstić information content (AvgIpc) is 3.46. The summed E-state index contributed by atoms with van der Waals surface area (Å²) >= 11 is 4.86. The van der Waals surface area contributed by atoms with Crippen molar-refractivity contribution in [3.05, 3.63) is 136 Å². The quantitative estimate of drug-likeness (QED) is 0.118. The van der Waals surface area contributed by atoms with Crippen LogP contribution in [0.4, 0.5) is 0 Å². The molecule has 0 N–H and O–H groups in total. The number of likely N-dealkylation sites (N-methyl/N-ethyl adjacent to an activating group) is 1. The molecule has 5 rings (SSSR count). The third-order valence-electron chi connectivity index (χ3n) is 9.31. The molecule has 0 amide bonds. The molecular weight excluding hydrogens is 674 g/mol. The first-order chi connectivity index (χ1) is 22.5. The SMILES string of the molecule is C=C1N(CC)C2(SC1(C)/C(=C/C(=O)c1ccc(Br)cc1)C(=O)OCC)/C(=C(\CC)c1ccccc1)OC(=O)C2(CC)c1ccccc1. The van der Waals surface area contributed by atoms with Crippen molar-refractivity contribution in [3.63, 3.8) is 0 Å². The largest absolute Gasteiger partial charge is 0.463 e. The Balaban J connectivity index is 1.84. The molecule has 3 atom stereocenters. The van der Waals surface area contributed by atoms with Gasteiger partial charge in [0.05, 0.1) is 16.9 Å². The van der Waals surface area contributed by atoms with Gasteiger partial charge in [0, 0.05) is 27.9 Å². The van der Waals surface area contributed by atoms with Crippen LogP contribution in [0.3, 0.4) is 0 Å². The van der Waals surface area contributed by atoms with Gasteiger partial charge >= 0.3 is 11.9 Å². The van der Waals surface area contributed by atoms with E-state index in [0.29, 0.717) is 36.4 Å². The number of cyclic esters (lactones) is 1. The molecule has 2 aliphatic heterocycles. The number of rotatable bonds is 10. The van der Waals surface area contributed by atoms with E-state index in [1.165, 1.54) is 17.8 Å². The average molecular weight is 715 g/mol. The maximum Gasteiger partial charge on any atom is 0.335 e. The smallest absolute Gasteiger partial charge is 0.335 e. The highest BCUT2D eigenvalue weighted by atomic mass is 79.9. The van der Waals surface area contributed by atoms with Crippen LogP contribution in [0.2, 0.25) is 0 Å². The molecule has 2 saturated heterocycles. The molecular formula is C39H40BrNO5S. The summed E-state index contributed by atoms with van der Waals surface area (Å²) in [5.74, 6) is -0.782. The molecule has 0 aliphatic carbocycles. The van der Waals surface area contributed by atoms with Crippen molar-refractivity contribution >= 4 is 51.0 Å². The Labute approximate surface area is 290 Å². The van der Waals surface area contributed by atoms with E-state index in [9.17, 15) is 14.4 Å². The molecule has 1 spiro atoms. The summed E-state index contributed by atoms with van der Waals surface area (Å²) in [4.78, 5) is 43.3. The third-order valence-corrected chi connectivity index (χ3v) is 11.8. The van der Waals surface area contributed by atoms with Gasteiger partial charge in [-0.25, -0.2) is 4.79 Å². The number of nitrogens with zero attached hydrogens (tertiary/aromatic N) is 1. The third kappa shape index (κ3) is 5.49. The van der Waals surface area contributed by atoms with E-state index in [4.69, 9.17) is 9.47 Å². The van der Waals surface area contributed by atoms with Gasteiger partial charge in [0.25, 0.3) is 0 Å². The topological polar surface area (TPSA) is 72.9 Å². The molecule has 244 valence electrons. The Hall–Kier alpha value is -3.88. The van der Waals surface area contributed by atoms with E-state index in [0.717, 1.165) is 21.2 Å². The highest BCUT2D eigenvalue weighted by Gasteiger charge is 2.75. The number of carbonyl (C=O) groups is 3. The maximum absolute atomic E-state index is 14.6. The Morgan fingerprint density at radius 2 is 1.55 bits per heavy atom. The second-order valence-corrected chi connectivity index (χ2v) is 14.2. The highest BCUT2D eigenvalue weighted by molar-refractivity contribution is 9.10. The number of hydrogen-bond acceptors (Lipinski definition) is 7. The van der Waals surface area contributed by atoms with Crippen LogP contribution in [0, 0.1) is 0 Å². The van der Waals surface area contributed by atoms with Crippen molar-refractivity contribution in [1.29, 1.82) is 0 Å². The van der Waals surface area contributed by atoms with Crippen LogP contribution in [-0.4, -0.2) is 45.4 Å². The van der Waals surface area contributed by atoms with E-state index in [1.54, 1.807) is 31.2 Å². The van der Waals surface area contributed by atoms with E-state index in [-0.39, 0.29) is 23.9 Å². The summed E-state index contributed by atoms with van der Waals surface area (Å²) < 4.78 is 11.8. The standard InChI is InChI=1S/C39H40BrNO5S/c1-7-31(27-17-13-11-14-18-27)34-39(38(8-2,36(44)46-34)29-19-15-12-16-20-29)41(9-3)26(5)37(6,47-39)32(35(43)45-10-4)25-33(42)28-21-23-30(40)24-22-28/h11-25H,5,7-10H2,1-4,6H3/b32-25+,34-31-. The van der Waals surface area contributed by atoms with Gasteiger partial charge in [-0.15, -0.1) is 11.8 Å². The zero-order chi connectivity index (χ0) is 34.0. The molecule has 3 aromatic rings. The minimum atomic E-state index is -1.18. The van der Waals surface area contributed by atoms with Gasteiger partial charge in [-0.05, 0) is 75.1 Å². The summed E-state index contributed by atoms with van der Waals surface area (Å²) in [6.45, 7) is 14.9. The number of thioether (sulfide) groups is 1. The van der Waals surface area contributed by atoms with Crippen LogP contribution in [0.15, 0.2) is 119 Å². The number of allylic oxidation sites excluding steroid dienone is 2. The van der Waals surface area contributed by atoms with Gasteiger partial charge in [0.2, 0.25) is 0 Å². The fraction of sp³-hybridized carbons (Fsp3) is 0.308. The fourth-order valence-corrected chi connectivity index (χ4v) is 9.47. The van der Waals surface area contributed by atoms with Crippen molar-refractivity contribution in [2.75, 3.05) is 13.2 Å². The molecule has 2 aliphatic rings. The molecule has 8 heteroatoms. The summed E-state index contributed by atoms with van der Waals surface area (Å²) in [6, 6.07) is 26.6. The first-order valence-electron chi connectivity index (χ1n) is 16.0. The summed E-state index contributed by atoms with van der Waals surface area (Å²) in [5, 5.41) is 0. The lowest BCUT2D eigenvalue weighted by molar-refractivity contribution is -0.141. The Bertz CT molecular complexity index is 1750. The molecule has 3 aromatic carbocycles. The predicted octanol–water partition coefficient (Wildman–Crippen LogP) is 8.88. The van der Waals surface area contributed by atoms with Gasteiger partial charge in [-0.1, -0.05) is 97.0 Å². The van der Waals surface area contributed by atoms with Gasteiger partial charge in [0.1, 0.15) is 11.2 Å². The molecule has 2 heterocycles. The van der Waals surface area contributed by atoms with Crippen LogP contribution in [-0.2, 0) is 24.5 Å². The monoisotopic (exact) mass is 713 g/mol. The molecule has 0 radical (unpaired) electrons. The van der Waals surface area contributed by atoms with Gasteiger partial charge in [-0.2, -0.15) is 0 Å². The number of ketones is 1. The second-order valence-electron chi connectivity index (χ2n) is 11.7. The highest BCUT2D eigenvalue weighted by Crippen LogP contribution is 2.70. The molecule has 3 unspecified atom stereocenters. The van der Waals surface area contributed by atoms with Crippen molar-refractivity contribution < 1.29 is 23.9 Å². The summed E-state index contributed by atoms with van der Waals surface area (Å²) in [7, 11) is 0. The number of esters is 2. The van der Waals surface area contributed by atoms with Crippen LogP contribution in [0.5, 0.6) is 0 Å². The molecule has 47 heavy (non-hydrogen) atoms. The predicted molar refractivity (Wildman–Crippen MR) is 192 cm³/mol. The second kappa shape index (κ2) is 13.7. The van der Waals surface area contributed by atoms with Crippen molar-refractivity contribution in [2.24, 2.45) is 0 Å². The molecule has 0 aromatic heterocycles. The summed E-state index contributed by atoms with van der Waals surface area (Å²) in [6.07, 6.45) is 2.38. The van der Waals surface area contributed by atoms with Crippen LogP contribution in [0.1, 0.15) is 68.9 Å². The molecule has 0 bridgehead atoms. The number of halogens is 1. The molecule has 2 fully saturated rings. The van der Waals surface area contributed by atoms with E-state index in [2.05, 4.69) is 34.3 Å². The van der Waals surface area contributed by atoms with Gasteiger partial charge < -0.3 is 14.4 Å². The van der Waals surface area contributed by atoms with E-state index < -0.39 is 21.0 Å². The Morgan fingerprint density at radius 1 is 0.936 bits per heavy atom. The minimum absolute atomic E-state index is 0.127. The lowest BCUT2D eigenvalue weighted by atomic mass is 9.70.